The minimum absolute atomic E-state index is 0.0677. The van der Waals surface area contributed by atoms with Crippen molar-refractivity contribution in [2.45, 2.75) is 52.4 Å². The van der Waals surface area contributed by atoms with Gasteiger partial charge in [0.05, 0.1) is 7.11 Å². The van der Waals surface area contributed by atoms with Crippen molar-refractivity contribution in [3.63, 3.8) is 0 Å². The number of hydrogen-bond acceptors (Lipinski definition) is 2. The van der Waals surface area contributed by atoms with E-state index in [4.69, 9.17) is 4.74 Å². The minimum atomic E-state index is 0.0677. The average Bonchev–Trinajstić information content (AvgIpc) is 2.24. The lowest BCUT2D eigenvalue weighted by atomic mass is 9.79. The molecular weight excluding hydrogens is 222 g/mol. The summed E-state index contributed by atoms with van der Waals surface area (Å²) >= 11 is 0. The van der Waals surface area contributed by atoms with Crippen molar-refractivity contribution in [2.24, 2.45) is 0 Å². The van der Waals surface area contributed by atoms with Gasteiger partial charge in [0.25, 0.3) is 0 Å². The second-order valence-corrected chi connectivity index (χ2v) is 6.85. The molecule has 0 unspecified atom stereocenters. The van der Waals surface area contributed by atoms with Crippen molar-refractivity contribution in [1.29, 1.82) is 0 Å². The van der Waals surface area contributed by atoms with Crippen molar-refractivity contribution < 1.29 is 4.74 Å². The lowest BCUT2D eigenvalue weighted by Gasteiger charge is -2.29. The number of methoxy groups -OCH3 is 1. The summed E-state index contributed by atoms with van der Waals surface area (Å²) in [6, 6.07) is 4.38. The van der Waals surface area contributed by atoms with Gasteiger partial charge in [-0.25, -0.2) is 0 Å². The summed E-state index contributed by atoms with van der Waals surface area (Å²) in [7, 11) is 3.72. The SMILES string of the molecule is CNc1cc(C(C)(C)C)c(OC)c(C(C)(C)C)c1. The molecule has 102 valence electrons. The first-order valence-electron chi connectivity index (χ1n) is 6.52. The second kappa shape index (κ2) is 4.83. The van der Waals surface area contributed by atoms with Gasteiger partial charge in [-0.05, 0) is 23.0 Å². The Morgan fingerprint density at radius 2 is 1.28 bits per heavy atom. The molecule has 2 heteroatoms. The normalized spacial score (nSPS) is 12.4. The maximum Gasteiger partial charge on any atom is 0.126 e. The maximum absolute atomic E-state index is 5.70. The first kappa shape index (κ1) is 14.9. The maximum atomic E-state index is 5.70. The molecule has 0 aliphatic rings. The zero-order chi connectivity index (χ0) is 14.1. The molecule has 0 saturated heterocycles. The Balaban J connectivity index is 3.61. The number of anilines is 1. The molecule has 0 spiro atoms. The molecule has 1 aromatic carbocycles. The molecule has 18 heavy (non-hydrogen) atoms. The summed E-state index contributed by atoms with van der Waals surface area (Å²) in [5, 5.41) is 3.25. The molecule has 0 aliphatic heterocycles. The van der Waals surface area contributed by atoms with Gasteiger partial charge < -0.3 is 10.1 Å². The zero-order valence-corrected chi connectivity index (χ0v) is 13.1. The van der Waals surface area contributed by atoms with E-state index in [1.54, 1.807) is 7.11 Å². The molecule has 1 rings (SSSR count). The second-order valence-electron chi connectivity index (χ2n) is 6.85. The summed E-state index contributed by atoms with van der Waals surface area (Å²) in [5.41, 5.74) is 3.78. The third kappa shape index (κ3) is 2.98. The van der Waals surface area contributed by atoms with Crippen LogP contribution >= 0.6 is 0 Å². The Morgan fingerprint density at radius 1 is 0.889 bits per heavy atom. The van der Waals surface area contributed by atoms with Crippen LogP contribution in [0.1, 0.15) is 52.7 Å². The number of rotatable bonds is 2. The third-order valence-corrected chi connectivity index (χ3v) is 3.20. The summed E-state index contributed by atoms with van der Waals surface area (Å²) < 4.78 is 5.70. The molecular formula is C16H27NO. The van der Waals surface area contributed by atoms with Crippen LogP contribution in [-0.4, -0.2) is 14.2 Å². The molecule has 0 bridgehead atoms. The van der Waals surface area contributed by atoms with Crippen LogP contribution in [0.3, 0.4) is 0 Å². The Labute approximate surface area is 112 Å². The highest BCUT2D eigenvalue weighted by Gasteiger charge is 2.27. The summed E-state index contributed by atoms with van der Waals surface area (Å²) in [6.45, 7) is 13.3. The fourth-order valence-electron chi connectivity index (χ4n) is 2.11. The van der Waals surface area contributed by atoms with E-state index in [0.717, 1.165) is 11.4 Å². The average molecular weight is 249 g/mol. The molecule has 0 amide bonds. The van der Waals surface area contributed by atoms with Crippen molar-refractivity contribution in [3.8, 4) is 5.75 Å². The highest BCUT2D eigenvalue weighted by molar-refractivity contribution is 5.59. The van der Waals surface area contributed by atoms with Gasteiger partial charge in [-0.2, -0.15) is 0 Å². The highest BCUT2D eigenvalue weighted by atomic mass is 16.5. The van der Waals surface area contributed by atoms with Crippen LogP contribution in [0.4, 0.5) is 5.69 Å². The molecule has 0 fully saturated rings. The monoisotopic (exact) mass is 249 g/mol. The molecule has 1 aromatic rings. The van der Waals surface area contributed by atoms with Gasteiger partial charge in [0.15, 0.2) is 0 Å². The van der Waals surface area contributed by atoms with E-state index >= 15 is 0 Å². The molecule has 0 heterocycles. The summed E-state index contributed by atoms with van der Waals surface area (Å²) in [6.07, 6.45) is 0. The van der Waals surface area contributed by atoms with E-state index < -0.39 is 0 Å². The molecule has 0 radical (unpaired) electrons. The molecule has 0 aromatic heterocycles. The van der Waals surface area contributed by atoms with Crippen LogP contribution in [0.2, 0.25) is 0 Å². The highest BCUT2D eigenvalue weighted by Crippen LogP contribution is 2.41. The predicted octanol–water partition coefficient (Wildman–Crippen LogP) is 4.33. The minimum Gasteiger partial charge on any atom is -0.496 e. The first-order valence-corrected chi connectivity index (χ1v) is 6.52. The molecule has 0 atom stereocenters. The van der Waals surface area contributed by atoms with Gasteiger partial charge in [0, 0.05) is 23.9 Å². The van der Waals surface area contributed by atoms with Gasteiger partial charge in [-0.1, -0.05) is 41.5 Å². The number of hydrogen-bond donors (Lipinski definition) is 1. The Bertz CT molecular complexity index is 387. The predicted molar refractivity (Wildman–Crippen MR) is 79.9 cm³/mol. The number of nitrogens with one attached hydrogen (secondary N) is 1. The fourth-order valence-corrected chi connectivity index (χ4v) is 2.11. The van der Waals surface area contributed by atoms with Crippen molar-refractivity contribution in [3.05, 3.63) is 23.3 Å². The Hall–Kier alpha value is -1.18. The molecule has 2 nitrogen and oxygen atoms in total. The first-order chi connectivity index (χ1) is 8.11. The van der Waals surface area contributed by atoms with Gasteiger partial charge >= 0.3 is 0 Å². The largest absolute Gasteiger partial charge is 0.496 e. The third-order valence-electron chi connectivity index (χ3n) is 3.20. The van der Waals surface area contributed by atoms with Crippen molar-refractivity contribution >= 4 is 5.69 Å². The van der Waals surface area contributed by atoms with Gasteiger partial charge in [0.2, 0.25) is 0 Å². The van der Waals surface area contributed by atoms with Crippen LogP contribution in [0, 0.1) is 0 Å². The standard InChI is InChI=1S/C16H27NO/c1-15(2,3)12-9-11(17-7)10-13(14(12)18-8)16(4,5)6/h9-10,17H,1-8H3. The van der Waals surface area contributed by atoms with Crippen LogP contribution < -0.4 is 10.1 Å². The van der Waals surface area contributed by atoms with E-state index in [9.17, 15) is 0 Å². The Morgan fingerprint density at radius 3 is 1.50 bits per heavy atom. The molecule has 0 aliphatic carbocycles. The number of ether oxygens (including phenoxy) is 1. The van der Waals surface area contributed by atoms with Crippen molar-refractivity contribution in [2.75, 3.05) is 19.5 Å². The zero-order valence-electron chi connectivity index (χ0n) is 13.1. The topological polar surface area (TPSA) is 21.3 Å². The van der Waals surface area contributed by atoms with E-state index in [-0.39, 0.29) is 10.8 Å². The van der Waals surface area contributed by atoms with E-state index in [1.165, 1.54) is 11.1 Å². The quantitative estimate of drug-likeness (QED) is 0.842. The van der Waals surface area contributed by atoms with Crippen LogP contribution in [0.5, 0.6) is 5.75 Å². The van der Waals surface area contributed by atoms with E-state index in [2.05, 4.69) is 59.0 Å². The van der Waals surface area contributed by atoms with Crippen LogP contribution in [0.25, 0.3) is 0 Å². The lowest BCUT2D eigenvalue weighted by molar-refractivity contribution is 0.382. The van der Waals surface area contributed by atoms with Gasteiger partial charge in [0.1, 0.15) is 5.75 Å². The number of benzene rings is 1. The fraction of sp³-hybridized carbons (Fsp3) is 0.625. The van der Waals surface area contributed by atoms with E-state index in [1.807, 2.05) is 7.05 Å². The van der Waals surface area contributed by atoms with Gasteiger partial charge in [-0.3, -0.25) is 0 Å². The summed E-state index contributed by atoms with van der Waals surface area (Å²) in [4.78, 5) is 0. The molecule has 0 saturated carbocycles. The Kier molecular flexibility index (Phi) is 3.99. The lowest BCUT2D eigenvalue weighted by Crippen LogP contribution is -2.19. The van der Waals surface area contributed by atoms with Crippen LogP contribution in [0.15, 0.2) is 12.1 Å². The smallest absolute Gasteiger partial charge is 0.126 e. The van der Waals surface area contributed by atoms with Gasteiger partial charge in [-0.15, -0.1) is 0 Å². The van der Waals surface area contributed by atoms with Crippen LogP contribution in [-0.2, 0) is 10.8 Å². The summed E-state index contributed by atoms with van der Waals surface area (Å²) in [5.74, 6) is 1.02. The van der Waals surface area contributed by atoms with E-state index in [0.29, 0.717) is 0 Å². The van der Waals surface area contributed by atoms with Crippen molar-refractivity contribution in [1.82, 2.24) is 0 Å². The molecule has 1 N–H and O–H groups in total.